The third kappa shape index (κ3) is 4.80. The van der Waals surface area contributed by atoms with Crippen LogP contribution in [-0.4, -0.2) is 22.8 Å². The van der Waals surface area contributed by atoms with Crippen molar-refractivity contribution in [2.75, 3.05) is 10.6 Å². The number of hydrogen-bond donors (Lipinski definition) is 2. The molecule has 0 saturated carbocycles. The van der Waals surface area contributed by atoms with Gasteiger partial charge in [0, 0.05) is 11.8 Å². The molecule has 2 N–H and O–H groups in total. The van der Waals surface area contributed by atoms with E-state index in [0.717, 1.165) is 6.07 Å². The molecule has 24 heavy (non-hydrogen) atoms. The third-order valence-electron chi connectivity index (χ3n) is 2.72. The van der Waals surface area contributed by atoms with E-state index in [9.17, 15) is 14.0 Å². The molecule has 0 aliphatic rings. The number of rotatable bonds is 3. The van der Waals surface area contributed by atoms with Gasteiger partial charge in [0.2, 0.25) is 0 Å². The van der Waals surface area contributed by atoms with Crippen LogP contribution in [0.3, 0.4) is 0 Å². The Hall–Kier alpha value is -2.90. The second-order valence-corrected chi connectivity index (χ2v) is 6.10. The van der Waals surface area contributed by atoms with Crippen molar-refractivity contribution in [3.63, 3.8) is 0 Å². The predicted octanol–water partition coefficient (Wildman–Crippen LogP) is 3.72. The molecule has 128 valence electrons. The van der Waals surface area contributed by atoms with Crippen LogP contribution in [0, 0.1) is 12.7 Å². The number of anilines is 2. The Morgan fingerprint density at radius 2 is 1.92 bits per heavy atom. The number of nitrogens with one attached hydrogen (secondary N) is 2. The van der Waals surface area contributed by atoms with E-state index in [-0.39, 0.29) is 17.1 Å². The third-order valence-corrected chi connectivity index (χ3v) is 2.72. The number of hydrogen-bond acceptors (Lipinski definition) is 5. The van der Waals surface area contributed by atoms with Crippen molar-refractivity contribution >= 4 is 23.4 Å². The van der Waals surface area contributed by atoms with E-state index in [2.05, 4.69) is 15.8 Å². The summed E-state index contributed by atoms with van der Waals surface area (Å²) in [5, 5.41) is 8.43. The molecule has 0 unspecified atom stereocenters. The minimum atomic E-state index is -0.794. The lowest BCUT2D eigenvalue weighted by Crippen LogP contribution is -2.27. The van der Waals surface area contributed by atoms with Gasteiger partial charge in [-0.3, -0.25) is 10.1 Å². The molecule has 2 amide bonds. The molecule has 2 rings (SSSR count). The molecule has 0 saturated heterocycles. The Balaban J connectivity index is 2.10. The molecule has 0 fully saturated rings. The van der Waals surface area contributed by atoms with Crippen LogP contribution >= 0.6 is 0 Å². The van der Waals surface area contributed by atoms with Crippen molar-refractivity contribution in [1.29, 1.82) is 0 Å². The predicted molar refractivity (Wildman–Crippen MR) is 85.4 cm³/mol. The quantitative estimate of drug-likeness (QED) is 0.891. The summed E-state index contributed by atoms with van der Waals surface area (Å²) in [6.45, 7) is 6.74. The Morgan fingerprint density at radius 3 is 2.50 bits per heavy atom. The summed E-state index contributed by atoms with van der Waals surface area (Å²) in [5.41, 5.74) is -0.443. The van der Waals surface area contributed by atoms with Gasteiger partial charge >= 0.3 is 6.09 Å². The summed E-state index contributed by atoms with van der Waals surface area (Å²) >= 11 is 0. The van der Waals surface area contributed by atoms with E-state index in [1.807, 2.05) is 0 Å². The molecule has 7 nitrogen and oxygen atoms in total. The number of carbonyl (C=O) groups excluding carboxylic acids is 2. The van der Waals surface area contributed by atoms with Gasteiger partial charge in [-0.05, 0) is 45.9 Å². The zero-order chi connectivity index (χ0) is 17.9. The normalized spacial score (nSPS) is 11.0. The highest BCUT2D eigenvalue weighted by Crippen LogP contribution is 2.21. The lowest BCUT2D eigenvalue weighted by molar-refractivity contribution is 0.0635. The average Bonchev–Trinajstić information content (AvgIpc) is 2.87. The van der Waals surface area contributed by atoms with Crippen LogP contribution in [0.4, 0.5) is 20.6 Å². The van der Waals surface area contributed by atoms with Crippen LogP contribution in [0.15, 0.2) is 28.8 Å². The number of halogens is 1. The maximum atomic E-state index is 13.8. The van der Waals surface area contributed by atoms with Crippen molar-refractivity contribution in [2.45, 2.75) is 33.3 Å². The maximum absolute atomic E-state index is 13.8. The number of amides is 2. The topological polar surface area (TPSA) is 93.5 Å². The largest absolute Gasteiger partial charge is 0.444 e. The first kappa shape index (κ1) is 17.5. The summed E-state index contributed by atoms with van der Waals surface area (Å²) in [6.07, 6.45) is -0.794. The molecule has 0 spiro atoms. The van der Waals surface area contributed by atoms with E-state index in [4.69, 9.17) is 9.26 Å². The molecule has 1 aromatic carbocycles. The molecule has 0 radical (unpaired) electrons. The van der Waals surface area contributed by atoms with Gasteiger partial charge in [0.15, 0.2) is 5.69 Å². The van der Waals surface area contributed by atoms with Crippen molar-refractivity contribution in [3.8, 4) is 0 Å². The summed E-state index contributed by atoms with van der Waals surface area (Å²) in [4.78, 5) is 23.7. The van der Waals surface area contributed by atoms with Crippen molar-refractivity contribution in [1.82, 2.24) is 5.16 Å². The fourth-order valence-corrected chi connectivity index (χ4v) is 1.78. The smallest absolute Gasteiger partial charge is 0.412 e. The van der Waals surface area contributed by atoms with Gasteiger partial charge in [0.1, 0.15) is 17.2 Å². The van der Waals surface area contributed by atoms with Crippen LogP contribution in [0.25, 0.3) is 0 Å². The number of aromatic nitrogens is 1. The molecule has 0 bridgehead atoms. The van der Waals surface area contributed by atoms with Crippen molar-refractivity contribution in [3.05, 3.63) is 41.5 Å². The molecule has 8 heteroatoms. The lowest BCUT2D eigenvalue weighted by Gasteiger charge is -2.20. The highest BCUT2D eigenvalue weighted by molar-refractivity contribution is 6.03. The molecular weight excluding hydrogens is 317 g/mol. The van der Waals surface area contributed by atoms with Gasteiger partial charge < -0.3 is 14.6 Å². The highest BCUT2D eigenvalue weighted by Gasteiger charge is 2.18. The Bertz CT molecular complexity index is 765. The molecule has 2 aromatic rings. The SMILES string of the molecule is Cc1cc(C(=O)Nc2ccc(F)c(NC(=O)OC(C)(C)C)c2)no1. The fraction of sp³-hybridized carbons (Fsp3) is 0.312. The van der Waals surface area contributed by atoms with Gasteiger partial charge in [-0.2, -0.15) is 0 Å². The van der Waals surface area contributed by atoms with Crippen LogP contribution < -0.4 is 10.6 Å². The Labute approximate surface area is 138 Å². The second-order valence-electron chi connectivity index (χ2n) is 6.10. The number of nitrogens with zero attached hydrogens (tertiary/aromatic N) is 1. The summed E-state index contributed by atoms with van der Waals surface area (Å²) < 4.78 is 23.7. The van der Waals surface area contributed by atoms with E-state index in [1.165, 1.54) is 18.2 Å². The van der Waals surface area contributed by atoms with Crippen LogP contribution in [-0.2, 0) is 4.74 Å². The monoisotopic (exact) mass is 335 g/mol. The van der Waals surface area contributed by atoms with E-state index in [0.29, 0.717) is 5.76 Å². The van der Waals surface area contributed by atoms with Gasteiger partial charge in [-0.25, -0.2) is 9.18 Å². The van der Waals surface area contributed by atoms with Gasteiger partial charge in [0.25, 0.3) is 5.91 Å². The molecule has 1 heterocycles. The highest BCUT2D eigenvalue weighted by atomic mass is 19.1. The number of ether oxygens (including phenoxy) is 1. The van der Waals surface area contributed by atoms with E-state index in [1.54, 1.807) is 27.7 Å². The maximum Gasteiger partial charge on any atom is 0.412 e. The molecule has 0 aliphatic carbocycles. The molecule has 0 atom stereocenters. The first-order chi connectivity index (χ1) is 11.1. The average molecular weight is 335 g/mol. The van der Waals surface area contributed by atoms with Gasteiger partial charge in [0.05, 0.1) is 5.69 Å². The molecule has 0 aliphatic heterocycles. The molecule has 1 aromatic heterocycles. The summed E-state index contributed by atoms with van der Waals surface area (Å²) in [5.74, 6) is -0.677. The zero-order valence-electron chi connectivity index (χ0n) is 13.8. The first-order valence-corrected chi connectivity index (χ1v) is 7.18. The zero-order valence-corrected chi connectivity index (χ0v) is 13.8. The molecular formula is C16H18FN3O4. The Kier molecular flexibility index (Phi) is 4.87. The van der Waals surface area contributed by atoms with Crippen molar-refractivity contribution in [2.24, 2.45) is 0 Å². The number of carbonyl (C=O) groups is 2. The Morgan fingerprint density at radius 1 is 1.21 bits per heavy atom. The van der Waals surface area contributed by atoms with E-state index >= 15 is 0 Å². The van der Waals surface area contributed by atoms with Crippen LogP contribution in [0.5, 0.6) is 0 Å². The first-order valence-electron chi connectivity index (χ1n) is 7.18. The van der Waals surface area contributed by atoms with Gasteiger partial charge in [-0.1, -0.05) is 5.16 Å². The minimum Gasteiger partial charge on any atom is -0.444 e. The number of benzene rings is 1. The second kappa shape index (κ2) is 6.69. The summed E-state index contributed by atoms with van der Waals surface area (Å²) in [7, 11) is 0. The van der Waals surface area contributed by atoms with Crippen LogP contribution in [0.1, 0.15) is 37.0 Å². The standard InChI is InChI=1S/C16H18FN3O4/c1-9-7-13(20-24-9)14(21)18-10-5-6-11(17)12(8-10)19-15(22)23-16(2,3)4/h5-8H,1-4H3,(H,18,21)(H,19,22). The summed E-state index contributed by atoms with van der Waals surface area (Å²) in [6, 6.07) is 5.24. The van der Waals surface area contributed by atoms with Crippen molar-refractivity contribution < 1.29 is 23.2 Å². The fourth-order valence-electron chi connectivity index (χ4n) is 1.78. The van der Waals surface area contributed by atoms with Gasteiger partial charge in [-0.15, -0.1) is 0 Å². The lowest BCUT2D eigenvalue weighted by atomic mass is 10.2. The minimum absolute atomic E-state index is 0.0958. The number of aryl methyl sites for hydroxylation is 1. The van der Waals surface area contributed by atoms with E-state index < -0.39 is 23.4 Å². The van der Waals surface area contributed by atoms with Crippen LogP contribution in [0.2, 0.25) is 0 Å².